The van der Waals surface area contributed by atoms with Gasteiger partial charge in [0.1, 0.15) is 11.6 Å². The third kappa shape index (κ3) is 2.20. The first-order chi connectivity index (χ1) is 8.09. The van der Waals surface area contributed by atoms with Gasteiger partial charge in [-0.1, -0.05) is 0 Å². The van der Waals surface area contributed by atoms with Crippen LogP contribution in [0.15, 0.2) is 36.5 Å². The zero-order chi connectivity index (χ0) is 12.4. The van der Waals surface area contributed by atoms with Crippen LogP contribution in [0.4, 0.5) is 8.78 Å². The zero-order valence-corrected chi connectivity index (χ0v) is 9.08. The maximum atomic E-state index is 13.4. The van der Waals surface area contributed by atoms with Crippen LogP contribution in [0.5, 0.6) is 0 Å². The SMILES string of the molecule is Cc1ncccc1C(=O)c1ccc(F)cc1F. The molecule has 2 nitrogen and oxygen atoms in total. The predicted octanol–water partition coefficient (Wildman–Crippen LogP) is 2.90. The second-order valence-electron chi connectivity index (χ2n) is 3.59. The van der Waals surface area contributed by atoms with Gasteiger partial charge in [-0.3, -0.25) is 9.78 Å². The van der Waals surface area contributed by atoms with Gasteiger partial charge in [-0.15, -0.1) is 0 Å². The molecule has 1 heterocycles. The van der Waals surface area contributed by atoms with E-state index in [2.05, 4.69) is 4.98 Å². The van der Waals surface area contributed by atoms with Crippen LogP contribution in [-0.2, 0) is 0 Å². The van der Waals surface area contributed by atoms with Gasteiger partial charge in [0.2, 0.25) is 0 Å². The number of hydrogen-bond donors (Lipinski definition) is 0. The van der Waals surface area contributed by atoms with E-state index in [1.54, 1.807) is 25.3 Å². The molecule has 0 fully saturated rings. The molecule has 0 saturated heterocycles. The number of carbonyl (C=O) groups excluding carboxylic acids is 1. The number of hydrogen-bond acceptors (Lipinski definition) is 2. The Morgan fingerprint density at radius 1 is 1.18 bits per heavy atom. The average Bonchev–Trinajstić information content (AvgIpc) is 2.29. The van der Waals surface area contributed by atoms with Gasteiger partial charge in [-0.25, -0.2) is 8.78 Å². The molecule has 86 valence electrons. The van der Waals surface area contributed by atoms with Gasteiger partial charge < -0.3 is 0 Å². The van der Waals surface area contributed by atoms with Crippen molar-refractivity contribution in [3.8, 4) is 0 Å². The van der Waals surface area contributed by atoms with Gasteiger partial charge in [-0.2, -0.15) is 0 Å². The Morgan fingerprint density at radius 3 is 2.59 bits per heavy atom. The summed E-state index contributed by atoms with van der Waals surface area (Å²) in [5.41, 5.74) is 0.682. The highest BCUT2D eigenvalue weighted by molar-refractivity contribution is 6.09. The highest BCUT2D eigenvalue weighted by Gasteiger charge is 2.16. The Kier molecular flexibility index (Phi) is 2.95. The summed E-state index contributed by atoms with van der Waals surface area (Å²) in [6, 6.07) is 6.05. The second-order valence-corrected chi connectivity index (χ2v) is 3.59. The van der Waals surface area contributed by atoms with Crippen molar-refractivity contribution in [2.75, 3.05) is 0 Å². The van der Waals surface area contributed by atoms with E-state index in [-0.39, 0.29) is 5.56 Å². The lowest BCUT2D eigenvalue weighted by Gasteiger charge is -2.04. The van der Waals surface area contributed by atoms with E-state index < -0.39 is 17.4 Å². The number of ketones is 1. The normalized spacial score (nSPS) is 10.3. The average molecular weight is 233 g/mol. The van der Waals surface area contributed by atoms with Crippen LogP contribution in [0.25, 0.3) is 0 Å². The predicted molar refractivity (Wildman–Crippen MR) is 58.8 cm³/mol. The Hall–Kier alpha value is -2.10. The summed E-state index contributed by atoms with van der Waals surface area (Å²) in [5.74, 6) is -2.06. The van der Waals surface area contributed by atoms with E-state index in [0.29, 0.717) is 17.3 Å². The maximum Gasteiger partial charge on any atom is 0.197 e. The molecule has 0 bridgehead atoms. The van der Waals surface area contributed by atoms with Gasteiger partial charge in [-0.05, 0) is 31.2 Å². The molecule has 2 aromatic rings. The molecule has 0 amide bonds. The van der Waals surface area contributed by atoms with Crippen LogP contribution < -0.4 is 0 Å². The van der Waals surface area contributed by atoms with Gasteiger partial charge in [0, 0.05) is 23.5 Å². The molecule has 0 spiro atoms. The molecular weight excluding hydrogens is 224 g/mol. The van der Waals surface area contributed by atoms with E-state index in [9.17, 15) is 13.6 Å². The van der Waals surface area contributed by atoms with Crippen molar-refractivity contribution in [2.24, 2.45) is 0 Å². The standard InChI is InChI=1S/C13H9F2NO/c1-8-10(3-2-6-16-8)13(17)11-5-4-9(14)7-12(11)15/h2-7H,1H3. The first-order valence-electron chi connectivity index (χ1n) is 5.01. The summed E-state index contributed by atoms with van der Waals surface area (Å²) in [5, 5.41) is 0. The maximum absolute atomic E-state index is 13.4. The van der Waals surface area contributed by atoms with Crippen LogP contribution in [-0.4, -0.2) is 10.8 Å². The molecule has 1 aromatic heterocycles. The first kappa shape index (κ1) is 11.4. The summed E-state index contributed by atoms with van der Waals surface area (Å²) in [6.45, 7) is 1.66. The lowest BCUT2D eigenvalue weighted by molar-refractivity contribution is 0.103. The molecular formula is C13H9F2NO. The molecule has 0 aliphatic heterocycles. The van der Waals surface area contributed by atoms with Crippen LogP contribution in [0.3, 0.4) is 0 Å². The molecule has 0 aliphatic carbocycles. The molecule has 2 rings (SSSR count). The fraction of sp³-hybridized carbons (Fsp3) is 0.0769. The van der Waals surface area contributed by atoms with Gasteiger partial charge in [0.05, 0.1) is 5.56 Å². The molecule has 0 radical (unpaired) electrons. The zero-order valence-electron chi connectivity index (χ0n) is 9.08. The lowest BCUT2D eigenvalue weighted by atomic mass is 10.0. The van der Waals surface area contributed by atoms with Gasteiger partial charge in [0.25, 0.3) is 0 Å². The van der Waals surface area contributed by atoms with Gasteiger partial charge >= 0.3 is 0 Å². The van der Waals surface area contributed by atoms with Crippen LogP contribution in [0.2, 0.25) is 0 Å². The third-order valence-corrected chi connectivity index (χ3v) is 2.43. The molecule has 1 aromatic carbocycles. The van der Waals surface area contributed by atoms with Crippen LogP contribution in [0.1, 0.15) is 21.6 Å². The summed E-state index contributed by atoms with van der Waals surface area (Å²) in [6.07, 6.45) is 1.55. The molecule has 4 heteroatoms. The van der Waals surface area contributed by atoms with Crippen molar-refractivity contribution >= 4 is 5.78 Å². The van der Waals surface area contributed by atoms with Crippen molar-refractivity contribution < 1.29 is 13.6 Å². The lowest BCUT2D eigenvalue weighted by Crippen LogP contribution is -2.07. The third-order valence-electron chi connectivity index (χ3n) is 2.43. The molecule has 0 atom stereocenters. The number of benzene rings is 1. The number of halogens is 2. The summed E-state index contributed by atoms with van der Waals surface area (Å²) in [7, 11) is 0. The van der Waals surface area contributed by atoms with Crippen molar-refractivity contribution in [1.82, 2.24) is 4.98 Å². The van der Waals surface area contributed by atoms with Crippen LogP contribution in [0, 0.1) is 18.6 Å². The highest BCUT2D eigenvalue weighted by Crippen LogP contribution is 2.16. The summed E-state index contributed by atoms with van der Waals surface area (Å²) < 4.78 is 26.2. The Bertz CT molecular complexity index is 581. The fourth-order valence-electron chi connectivity index (χ4n) is 1.54. The van der Waals surface area contributed by atoms with Gasteiger partial charge in [0.15, 0.2) is 5.78 Å². The minimum Gasteiger partial charge on any atom is -0.288 e. The fourth-order valence-corrected chi connectivity index (χ4v) is 1.54. The topological polar surface area (TPSA) is 30.0 Å². The van der Waals surface area contributed by atoms with Crippen LogP contribution >= 0.6 is 0 Å². The molecule has 0 aliphatic rings. The number of aryl methyl sites for hydroxylation is 1. The molecule has 17 heavy (non-hydrogen) atoms. The molecule has 0 unspecified atom stereocenters. The van der Waals surface area contributed by atoms with E-state index >= 15 is 0 Å². The van der Waals surface area contributed by atoms with Crippen molar-refractivity contribution in [3.63, 3.8) is 0 Å². The number of aromatic nitrogens is 1. The monoisotopic (exact) mass is 233 g/mol. The van der Waals surface area contributed by atoms with E-state index in [0.717, 1.165) is 12.1 Å². The number of rotatable bonds is 2. The summed E-state index contributed by atoms with van der Waals surface area (Å²) in [4.78, 5) is 16.0. The first-order valence-corrected chi connectivity index (χ1v) is 5.01. The van der Waals surface area contributed by atoms with Crippen molar-refractivity contribution in [1.29, 1.82) is 0 Å². The Labute approximate surface area is 96.9 Å². The second kappa shape index (κ2) is 4.41. The highest BCUT2D eigenvalue weighted by atomic mass is 19.1. The molecule has 0 saturated carbocycles. The number of nitrogens with zero attached hydrogens (tertiary/aromatic N) is 1. The Balaban J connectivity index is 2.48. The van der Waals surface area contributed by atoms with Crippen molar-refractivity contribution in [3.05, 3.63) is 65.0 Å². The minimum absolute atomic E-state index is 0.150. The quantitative estimate of drug-likeness (QED) is 0.746. The smallest absolute Gasteiger partial charge is 0.197 e. The number of pyridine rings is 1. The van der Waals surface area contributed by atoms with Crippen molar-refractivity contribution in [2.45, 2.75) is 6.92 Å². The number of carbonyl (C=O) groups is 1. The van der Waals surface area contributed by atoms with E-state index in [4.69, 9.17) is 0 Å². The minimum atomic E-state index is -0.863. The van der Waals surface area contributed by atoms with E-state index in [1.807, 2.05) is 0 Å². The molecule has 0 N–H and O–H groups in total. The van der Waals surface area contributed by atoms with E-state index in [1.165, 1.54) is 0 Å². The summed E-state index contributed by atoms with van der Waals surface area (Å²) >= 11 is 0. The Morgan fingerprint density at radius 2 is 1.94 bits per heavy atom. The largest absolute Gasteiger partial charge is 0.288 e.